The molecule has 27 heavy (non-hydrogen) atoms. The van der Waals surface area contributed by atoms with Gasteiger partial charge in [0.2, 0.25) is 5.91 Å². The quantitative estimate of drug-likeness (QED) is 0.644. The Hall–Kier alpha value is -2.86. The van der Waals surface area contributed by atoms with Crippen LogP contribution >= 0.6 is 11.6 Å². The standard InChI is InChI=1S/C20H18ClNO5/c1-27-20(26)13-8-6-12(7-9-13)18-15-5-3-2-4-14(15)10-16(19(24)25)22(18)17(23)11-21/h2-9,16,18H,10-11H2,1H3,(H,24,25)/t16-,18-/m1/s1. The van der Waals surface area contributed by atoms with Crippen molar-refractivity contribution in [3.05, 3.63) is 70.8 Å². The number of rotatable bonds is 4. The Labute approximate surface area is 161 Å². The summed E-state index contributed by atoms with van der Waals surface area (Å²) in [6.45, 7) is 0. The Bertz CT molecular complexity index is 880. The van der Waals surface area contributed by atoms with E-state index in [-0.39, 0.29) is 12.3 Å². The number of amides is 1. The Kier molecular flexibility index (Phi) is 5.46. The molecule has 3 rings (SSSR count). The van der Waals surface area contributed by atoms with Gasteiger partial charge in [0.05, 0.1) is 18.7 Å². The lowest BCUT2D eigenvalue weighted by Gasteiger charge is -2.41. The molecule has 1 aliphatic rings. The summed E-state index contributed by atoms with van der Waals surface area (Å²) < 4.78 is 4.70. The number of carbonyl (C=O) groups is 3. The Morgan fingerprint density at radius 3 is 2.41 bits per heavy atom. The molecule has 1 N–H and O–H groups in total. The predicted octanol–water partition coefficient (Wildman–Crippen LogP) is 2.64. The molecule has 6 nitrogen and oxygen atoms in total. The number of fused-ring (bicyclic) bond motifs is 1. The molecule has 0 spiro atoms. The maximum Gasteiger partial charge on any atom is 0.337 e. The molecule has 0 saturated heterocycles. The molecular formula is C20H18ClNO5. The van der Waals surface area contributed by atoms with Crippen LogP contribution in [0.5, 0.6) is 0 Å². The fourth-order valence-corrected chi connectivity index (χ4v) is 3.61. The number of carbonyl (C=O) groups excluding carboxylic acids is 2. The van der Waals surface area contributed by atoms with Crippen molar-refractivity contribution in [2.45, 2.75) is 18.5 Å². The van der Waals surface area contributed by atoms with Gasteiger partial charge in [-0.05, 0) is 28.8 Å². The number of carboxylic acids is 1. The average molecular weight is 388 g/mol. The molecule has 0 unspecified atom stereocenters. The molecular weight excluding hydrogens is 370 g/mol. The lowest BCUT2D eigenvalue weighted by Crippen LogP contribution is -2.52. The second-order valence-corrected chi connectivity index (χ2v) is 6.48. The number of carboxylic acid groups (broad SMARTS) is 1. The second kappa shape index (κ2) is 7.80. The minimum absolute atomic E-state index is 0.213. The third kappa shape index (κ3) is 3.53. The van der Waals surface area contributed by atoms with Crippen LogP contribution in [-0.2, 0) is 20.7 Å². The Morgan fingerprint density at radius 2 is 1.81 bits per heavy atom. The molecule has 2 aromatic carbocycles. The van der Waals surface area contributed by atoms with Gasteiger partial charge in [-0.2, -0.15) is 0 Å². The van der Waals surface area contributed by atoms with Crippen molar-refractivity contribution >= 4 is 29.4 Å². The molecule has 1 heterocycles. The number of hydrogen-bond donors (Lipinski definition) is 1. The number of aliphatic carboxylic acids is 1. The number of methoxy groups -OCH3 is 1. The third-order valence-corrected chi connectivity index (χ3v) is 4.94. The molecule has 0 bridgehead atoms. The van der Waals surface area contributed by atoms with E-state index < -0.39 is 29.9 Å². The summed E-state index contributed by atoms with van der Waals surface area (Å²) in [7, 11) is 1.30. The van der Waals surface area contributed by atoms with Crippen molar-refractivity contribution in [1.29, 1.82) is 0 Å². The van der Waals surface area contributed by atoms with Gasteiger partial charge < -0.3 is 14.7 Å². The van der Waals surface area contributed by atoms with Crippen LogP contribution in [0.3, 0.4) is 0 Å². The smallest absolute Gasteiger partial charge is 0.337 e. The first-order chi connectivity index (χ1) is 13.0. The Balaban J connectivity index is 2.14. The average Bonchev–Trinajstić information content (AvgIpc) is 2.71. The molecule has 0 aliphatic carbocycles. The zero-order valence-electron chi connectivity index (χ0n) is 14.6. The Morgan fingerprint density at radius 1 is 1.15 bits per heavy atom. The van der Waals surface area contributed by atoms with Crippen molar-refractivity contribution in [3.63, 3.8) is 0 Å². The molecule has 2 aromatic rings. The molecule has 0 fully saturated rings. The first-order valence-corrected chi connectivity index (χ1v) is 8.87. The van der Waals surface area contributed by atoms with E-state index in [1.54, 1.807) is 24.3 Å². The summed E-state index contributed by atoms with van der Waals surface area (Å²) in [6, 6.07) is 12.4. The van der Waals surface area contributed by atoms with Crippen molar-refractivity contribution < 1.29 is 24.2 Å². The van der Waals surface area contributed by atoms with Crippen LogP contribution in [0.15, 0.2) is 48.5 Å². The number of esters is 1. The van der Waals surface area contributed by atoms with E-state index in [1.165, 1.54) is 12.0 Å². The van der Waals surface area contributed by atoms with Crippen LogP contribution in [0.2, 0.25) is 0 Å². The van der Waals surface area contributed by atoms with E-state index in [9.17, 15) is 19.5 Å². The molecule has 140 valence electrons. The van der Waals surface area contributed by atoms with Gasteiger partial charge in [0, 0.05) is 6.42 Å². The fraction of sp³-hybridized carbons (Fsp3) is 0.250. The number of ether oxygens (including phenoxy) is 1. The zero-order chi connectivity index (χ0) is 19.6. The van der Waals surface area contributed by atoms with Gasteiger partial charge in [-0.3, -0.25) is 4.79 Å². The minimum Gasteiger partial charge on any atom is -0.480 e. The summed E-state index contributed by atoms with van der Waals surface area (Å²) in [6.07, 6.45) is 0.213. The highest BCUT2D eigenvalue weighted by atomic mass is 35.5. The largest absolute Gasteiger partial charge is 0.480 e. The van der Waals surface area contributed by atoms with E-state index >= 15 is 0 Å². The summed E-state index contributed by atoms with van der Waals surface area (Å²) in [5.41, 5.74) is 2.78. The number of halogens is 1. The van der Waals surface area contributed by atoms with Crippen LogP contribution in [0.1, 0.15) is 33.1 Å². The fourth-order valence-electron chi connectivity index (χ4n) is 3.48. The number of benzene rings is 2. The maximum absolute atomic E-state index is 12.6. The normalized spacial score (nSPS) is 18.5. The molecule has 2 atom stereocenters. The second-order valence-electron chi connectivity index (χ2n) is 6.21. The lowest BCUT2D eigenvalue weighted by atomic mass is 9.84. The highest BCUT2D eigenvalue weighted by Crippen LogP contribution is 2.38. The lowest BCUT2D eigenvalue weighted by molar-refractivity contribution is -0.151. The number of nitrogens with zero attached hydrogens (tertiary/aromatic N) is 1. The number of alkyl halides is 1. The highest BCUT2D eigenvalue weighted by Gasteiger charge is 2.41. The first-order valence-electron chi connectivity index (χ1n) is 8.34. The summed E-state index contributed by atoms with van der Waals surface area (Å²) in [5, 5.41) is 9.69. The molecule has 0 aromatic heterocycles. The van der Waals surface area contributed by atoms with Gasteiger partial charge in [0.15, 0.2) is 0 Å². The molecule has 1 amide bonds. The monoisotopic (exact) mass is 387 g/mol. The third-order valence-electron chi connectivity index (χ3n) is 4.71. The van der Waals surface area contributed by atoms with Crippen LogP contribution in [0.4, 0.5) is 0 Å². The van der Waals surface area contributed by atoms with Gasteiger partial charge in [0.1, 0.15) is 11.9 Å². The van der Waals surface area contributed by atoms with Crippen molar-refractivity contribution in [2.24, 2.45) is 0 Å². The molecule has 0 saturated carbocycles. The SMILES string of the molecule is COC(=O)c1ccc([C@@H]2c3ccccc3C[C@H](C(=O)O)N2C(=O)CCl)cc1. The minimum atomic E-state index is -1.08. The summed E-state index contributed by atoms with van der Waals surface area (Å²) in [5.74, 6) is -2.33. The van der Waals surface area contributed by atoms with Crippen molar-refractivity contribution in [2.75, 3.05) is 13.0 Å². The highest BCUT2D eigenvalue weighted by molar-refractivity contribution is 6.27. The van der Waals surface area contributed by atoms with Gasteiger partial charge in [-0.25, -0.2) is 9.59 Å². The van der Waals surface area contributed by atoms with E-state index in [1.807, 2.05) is 24.3 Å². The van der Waals surface area contributed by atoms with Crippen molar-refractivity contribution in [3.8, 4) is 0 Å². The van der Waals surface area contributed by atoms with E-state index in [0.717, 1.165) is 11.1 Å². The van der Waals surface area contributed by atoms with Crippen molar-refractivity contribution in [1.82, 2.24) is 4.90 Å². The van der Waals surface area contributed by atoms with Gasteiger partial charge in [-0.15, -0.1) is 11.6 Å². The van der Waals surface area contributed by atoms with E-state index in [4.69, 9.17) is 16.3 Å². The predicted molar refractivity (Wildman–Crippen MR) is 98.8 cm³/mol. The van der Waals surface area contributed by atoms with Crippen LogP contribution in [0, 0.1) is 0 Å². The van der Waals surface area contributed by atoms with E-state index in [0.29, 0.717) is 11.1 Å². The van der Waals surface area contributed by atoms with Gasteiger partial charge in [-0.1, -0.05) is 36.4 Å². The summed E-state index contributed by atoms with van der Waals surface area (Å²) in [4.78, 5) is 37.4. The van der Waals surface area contributed by atoms with Crippen LogP contribution in [0.25, 0.3) is 0 Å². The first kappa shape index (κ1) is 18.9. The summed E-state index contributed by atoms with van der Waals surface area (Å²) >= 11 is 5.78. The van der Waals surface area contributed by atoms with Gasteiger partial charge in [0.25, 0.3) is 0 Å². The van der Waals surface area contributed by atoms with E-state index in [2.05, 4.69) is 0 Å². The van der Waals surface area contributed by atoms with Crippen LogP contribution < -0.4 is 0 Å². The van der Waals surface area contributed by atoms with Gasteiger partial charge >= 0.3 is 11.9 Å². The molecule has 1 aliphatic heterocycles. The topological polar surface area (TPSA) is 83.9 Å². The molecule has 0 radical (unpaired) electrons. The maximum atomic E-state index is 12.6. The zero-order valence-corrected chi connectivity index (χ0v) is 15.3. The van der Waals surface area contributed by atoms with Crippen LogP contribution in [-0.4, -0.2) is 46.9 Å². The molecule has 7 heteroatoms. The number of hydrogen-bond acceptors (Lipinski definition) is 4.